The number of carbonyl (C=O) groups is 1. The second-order valence-corrected chi connectivity index (χ2v) is 4.33. The molecule has 0 bridgehead atoms. The number of halogens is 2. The lowest BCUT2D eigenvalue weighted by molar-refractivity contribution is 0.0989. The number of rotatable bonds is 3. The summed E-state index contributed by atoms with van der Waals surface area (Å²) in [5, 5.41) is 9.38. The highest BCUT2D eigenvalue weighted by atomic mass is 19.1. The predicted molar refractivity (Wildman–Crippen MR) is 74.0 cm³/mol. The van der Waals surface area contributed by atoms with Crippen molar-refractivity contribution >= 4 is 11.6 Å². The Hall–Kier alpha value is -3.09. The zero-order valence-corrected chi connectivity index (χ0v) is 11.1. The molecule has 0 atom stereocenters. The van der Waals surface area contributed by atoms with Gasteiger partial charge in [-0.15, -0.1) is 10.2 Å². The van der Waals surface area contributed by atoms with E-state index in [1.807, 2.05) is 6.07 Å². The summed E-state index contributed by atoms with van der Waals surface area (Å²) in [5.74, 6) is -2.92. The zero-order valence-electron chi connectivity index (χ0n) is 11.1. The van der Waals surface area contributed by atoms with Crippen molar-refractivity contribution in [3.63, 3.8) is 0 Å². The van der Waals surface area contributed by atoms with E-state index in [0.29, 0.717) is 5.56 Å². The zero-order chi connectivity index (χ0) is 15.5. The molecular weight excluding hydrogens is 292 g/mol. The number of nitrogens with one attached hydrogen (secondary N) is 1. The fourth-order valence-electron chi connectivity index (χ4n) is 1.80. The molecule has 1 heterocycles. The average molecular weight is 301 g/mol. The minimum atomic E-state index is -0.892. The van der Waals surface area contributed by atoms with Crippen molar-refractivity contribution in [3.8, 4) is 11.5 Å². The Kier molecular flexibility index (Phi) is 3.61. The van der Waals surface area contributed by atoms with E-state index in [1.54, 1.807) is 24.3 Å². The number of hydrogen-bond acceptors (Lipinski definition) is 4. The first-order valence-corrected chi connectivity index (χ1v) is 6.29. The molecule has 0 saturated heterocycles. The summed E-state index contributed by atoms with van der Waals surface area (Å²) in [6, 6.07) is 12.1. The Morgan fingerprint density at radius 2 is 1.64 bits per heavy atom. The molecule has 22 heavy (non-hydrogen) atoms. The van der Waals surface area contributed by atoms with Gasteiger partial charge in [-0.2, -0.15) is 0 Å². The van der Waals surface area contributed by atoms with E-state index in [9.17, 15) is 13.6 Å². The van der Waals surface area contributed by atoms with Gasteiger partial charge in [0.05, 0.1) is 0 Å². The van der Waals surface area contributed by atoms with E-state index in [1.165, 1.54) is 6.07 Å². The lowest BCUT2D eigenvalue weighted by Crippen LogP contribution is -2.14. The van der Waals surface area contributed by atoms with E-state index in [2.05, 4.69) is 15.5 Å². The van der Waals surface area contributed by atoms with Crippen LogP contribution in [0.25, 0.3) is 11.5 Å². The lowest BCUT2D eigenvalue weighted by atomic mass is 10.2. The molecule has 0 aliphatic heterocycles. The summed E-state index contributed by atoms with van der Waals surface area (Å²) in [5.41, 5.74) is 0.0677. The van der Waals surface area contributed by atoms with Gasteiger partial charge < -0.3 is 9.73 Å². The minimum Gasteiger partial charge on any atom is -0.412 e. The molecule has 0 aliphatic carbocycles. The van der Waals surface area contributed by atoms with Crippen LogP contribution >= 0.6 is 0 Å². The first kappa shape index (κ1) is 13.9. The van der Waals surface area contributed by atoms with E-state index < -0.39 is 23.2 Å². The molecule has 0 unspecified atom stereocenters. The molecule has 0 saturated carbocycles. The van der Waals surface area contributed by atoms with Crippen molar-refractivity contribution < 1.29 is 18.0 Å². The number of benzene rings is 2. The summed E-state index contributed by atoms with van der Waals surface area (Å²) < 4.78 is 32.2. The third-order valence-corrected chi connectivity index (χ3v) is 2.84. The maximum atomic E-state index is 13.5. The number of hydrogen-bond donors (Lipinski definition) is 1. The molecule has 2 aromatic carbocycles. The highest BCUT2D eigenvalue weighted by Gasteiger charge is 2.19. The summed E-state index contributed by atoms with van der Waals surface area (Å²) in [7, 11) is 0. The Labute approximate surface area is 123 Å². The van der Waals surface area contributed by atoms with Crippen LogP contribution in [-0.4, -0.2) is 16.1 Å². The molecular formula is C15H9F2N3O2. The van der Waals surface area contributed by atoms with Gasteiger partial charge in [0.25, 0.3) is 0 Å². The Morgan fingerprint density at radius 3 is 2.32 bits per heavy atom. The van der Waals surface area contributed by atoms with Crippen LogP contribution in [0.15, 0.2) is 52.9 Å². The van der Waals surface area contributed by atoms with E-state index >= 15 is 0 Å². The van der Waals surface area contributed by atoms with E-state index in [0.717, 1.165) is 12.1 Å². The van der Waals surface area contributed by atoms with Crippen molar-refractivity contribution in [2.75, 3.05) is 5.32 Å². The number of amides is 1. The molecule has 0 aliphatic rings. The van der Waals surface area contributed by atoms with Gasteiger partial charge in [-0.25, -0.2) is 8.78 Å². The van der Waals surface area contributed by atoms with Crippen molar-refractivity contribution in [2.24, 2.45) is 0 Å². The quantitative estimate of drug-likeness (QED) is 0.806. The topological polar surface area (TPSA) is 68.0 Å². The maximum Gasteiger partial charge on any atom is 0.313 e. The van der Waals surface area contributed by atoms with E-state index in [4.69, 9.17) is 4.42 Å². The standard InChI is InChI=1S/C15H9F2N3O2/c16-10-7-4-8-11(17)12(10)18-13(21)15-20-19-14(22-15)9-5-2-1-3-6-9/h1-8H,(H,18,21). The van der Waals surface area contributed by atoms with Crippen molar-refractivity contribution in [1.82, 2.24) is 10.2 Å². The van der Waals surface area contributed by atoms with Crippen LogP contribution in [0.5, 0.6) is 0 Å². The summed E-state index contributed by atoms with van der Waals surface area (Å²) >= 11 is 0. The lowest BCUT2D eigenvalue weighted by Gasteiger charge is -2.04. The highest BCUT2D eigenvalue weighted by Crippen LogP contribution is 2.20. The summed E-state index contributed by atoms with van der Waals surface area (Å²) in [4.78, 5) is 11.9. The van der Waals surface area contributed by atoms with E-state index in [-0.39, 0.29) is 11.8 Å². The molecule has 0 fully saturated rings. The molecule has 0 spiro atoms. The molecule has 1 aromatic heterocycles. The predicted octanol–water partition coefficient (Wildman–Crippen LogP) is 3.27. The molecule has 5 nitrogen and oxygen atoms in total. The van der Waals surface area contributed by atoms with Gasteiger partial charge in [0, 0.05) is 5.56 Å². The third-order valence-electron chi connectivity index (χ3n) is 2.84. The SMILES string of the molecule is O=C(Nc1c(F)cccc1F)c1nnc(-c2ccccc2)o1. The first-order valence-electron chi connectivity index (χ1n) is 6.29. The Balaban J connectivity index is 1.83. The van der Waals surface area contributed by atoms with Crippen molar-refractivity contribution in [2.45, 2.75) is 0 Å². The summed E-state index contributed by atoms with van der Waals surface area (Å²) in [6.45, 7) is 0. The van der Waals surface area contributed by atoms with Gasteiger partial charge in [-0.05, 0) is 24.3 Å². The van der Waals surface area contributed by atoms with Crippen LogP contribution in [0, 0.1) is 11.6 Å². The van der Waals surface area contributed by atoms with Crippen LogP contribution in [0.3, 0.4) is 0 Å². The molecule has 1 amide bonds. The fraction of sp³-hybridized carbons (Fsp3) is 0. The minimum absolute atomic E-state index is 0.139. The second kappa shape index (κ2) is 5.72. The first-order chi connectivity index (χ1) is 10.6. The number of anilines is 1. The van der Waals surface area contributed by atoms with Gasteiger partial charge in [0.2, 0.25) is 5.89 Å². The van der Waals surface area contributed by atoms with Gasteiger partial charge in [-0.1, -0.05) is 24.3 Å². The highest BCUT2D eigenvalue weighted by molar-refractivity contribution is 6.01. The number of para-hydroxylation sites is 1. The van der Waals surface area contributed by atoms with Crippen molar-refractivity contribution in [3.05, 3.63) is 66.1 Å². The molecule has 3 aromatic rings. The maximum absolute atomic E-state index is 13.5. The number of carbonyl (C=O) groups excluding carboxylic acids is 1. The fourth-order valence-corrected chi connectivity index (χ4v) is 1.80. The normalized spacial score (nSPS) is 10.5. The van der Waals surface area contributed by atoms with Crippen molar-refractivity contribution in [1.29, 1.82) is 0 Å². The third kappa shape index (κ3) is 2.69. The van der Waals surface area contributed by atoms with Gasteiger partial charge >= 0.3 is 11.8 Å². The molecule has 7 heteroatoms. The smallest absolute Gasteiger partial charge is 0.313 e. The monoisotopic (exact) mass is 301 g/mol. The number of aromatic nitrogens is 2. The van der Waals surface area contributed by atoms with Gasteiger partial charge in [0.1, 0.15) is 17.3 Å². The van der Waals surface area contributed by atoms with Crippen LogP contribution in [0.4, 0.5) is 14.5 Å². The molecule has 110 valence electrons. The molecule has 0 radical (unpaired) electrons. The van der Waals surface area contributed by atoms with Crippen LogP contribution in [-0.2, 0) is 0 Å². The Morgan fingerprint density at radius 1 is 0.955 bits per heavy atom. The molecule has 1 N–H and O–H groups in total. The summed E-state index contributed by atoms with van der Waals surface area (Å²) in [6.07, 6.45) is 0. The average Bonchev–Trinajstić information content (AvgIpc) is 3.02. The Bertz CT molecular complexity index is 798. The molecule has 3 rings (SSSR count). The van der Waals surface area contributed by atoms with Gasteiger partial charge in [0.15, 0.2) is 0 Å². The second-order valence-electron chi connectivity index (χ2n) is 4.33. The number of nitrogens with zero attached hydrogens (tertiary/aromatic N) is 2. The van der Waals surface area contributed by atoms with Gasteiger partial charge in [-0.3, -0.25) is 4.79 Å². The largest absolute Gasteiger partial charge is 0.412 e. The van der Waals surface area contributed by atoms with Crippen LogP contribution in [0.1, 0.15) is 10.7 Å². The van der Waals surface area contributed by atoms with Crippen LogP contribution in [0.2, 0.25) is 0 Å². The van der Waals surface area contributed by atoms with Crippen LogP contribution < -0.4 is 5.32 Å².